The van der Waals surface area contributed by atoms with Crippen molar-refractivity contribution in [2.45, 2.75) is 6.92 Å². The Bertz CT molecular complexity index is 1060. The average Bonchev–Trinajstić information content (AvgIpc) is 3.06. The molecule has 0 spiro atoms. The van der Waals surface area contributed by atoms with Crippen LogP contribution >= 0.6 is 11.6 Å². The van der Waals surface area contributed by atoms with Gasteiger partial charge >= 0.3 is 0 Å². The molecule has 1 saturated heterocycles. The zero-order valence-corrected chi connectivity index (χ0v) is 16.5. The molecule has 0 radical (unpaired) electrons. The molecule has 0 unspecified atom stereocenters. The van der Waals surface area contributed by atoms with Gasteiger partial charge < -0.3 is 14.2 Å². The van der Waals surface area contributed by atoms with E-state index in [-0.39, 0.29) is 11.6 Å². The maximum atomic E-state index is 14.6. The highest BCUT2D eigenvalue weighted by atomic mass is 35.5. The van der Waals surface area contributed by atoms with E-state index in [1.54, 1.807) is 46.7 Å². The van der Waals surface area contributed by atoms with Crippen molar-refractivity contribution in [3.63, 3.8) is 0 Å². The smallest absolute Gasteiger partial charge is 0.255 e. The highest BCUT2D eigenvalue weighted by molar-refractivity contribution is 6.30. The Balaban J connectivity index is 1.88. The van der Waals surface area contributed by atoms with Crippen LogP contribution in [-0.4, -0.2) is 41.7 Å². The van der Waals surface area contributed by atoms with Crippen LogP contribution in [0, 0.1) is 18.6 Å². The molecule has 7 heteroatoms. The van der Waals surface area contributed by atoms with Gasteiger partial charge in [-0.25, -0.2) is 8.78 Å². The van der Waals surface area contributed by atoms with Gasteiger partial charge in [-0.2, -0.15) is 0 Å². The van der Waals surface area contributed by atoms with Crippen molar-refractivity contribution in [2.75, 3.05) is 26.3 Å². The number of nitrogens with zero attached hydrogens (tertiary/aromatic N) is 2. The van der Waals surface area contributed by atoms with Gasteiger partial charge in [0.05, 0.1) is 30.2 Å². The molecule has 1 aliphatic heterocycles. The number of amides is 1. The van der Waals surface area contributed by atoms with E-state index in [9.17, 15) is 13.6 Å². The topological polar surface area (TPSA) is 34.5 Å². The van der Waals surface area contributed by atoms with Crippen LogP contribution < -0.4 is 0 Å². The zero-order valence-electron chi connectivity index (χ0n) is 15.8. The number of benzene rings is 2. The normalized spacial score (nSPS) is 14.3. The van der Waals surface area contributed by atoms with Gasteiger partial charge in [-0.15, -0.1) is 0 Å². The van der Waals surface area contributed by atoms with Gasteiger partial charge in [-0.3, -0.25) is 4.79 Å². The molecule has 150 valence electrons. The van der Waals surface area contributed by atoms with Crippen LogP contribution in [0.25, 0.3) is 16.9 Å². The van der Waals surface area contributed by atoms with Crippen LogP contribution in [0.3, 0.4) is 0 Å². The average molecular weight is 417 g/mol. The van der Waals surface area contributed by atoms with E-state index in [1.165, 1.54) is 12.1 Å². The van der Waals surface area contributed by atoms with Crippen molar-refractivity contribution < 1.29 is 18.3 Å². The Hall–Kier alpha value is -2.70. The van der Waals surface area contributed by atoms with Crippen LogP contribution in [0.15, 0.2) is 48.5 Å². The molecule has 2 aromatic carbocycles. The fraction of sp³-hybridized carbons (Fsp3) is 0.227. The Morgan fingerprint density at radius 1 is 1.03 bits per heavy atom. The van der Waals surface area contributed by atoms with Gasteiger partial charge in [-0.05, 0) is 42.8 Å². The summed E-state index contributed by atoms with van der Waals surface area (Å²) in [6.07, 6.45) is 0. The number of rotatable bonds is 3. The Labute approximate surface area is 172 Å². The SMILES string of the molecule is Cc1c(C(=O)N2CCOCC2)cc(-c2ccc(Cl)cc2)n1-c1ccc(F)cc1F. The summed E-state index contributed by atoms with van der Waals surface area (Å²) in [6.45, 7) is 3.75. The first-order chi connectivity index (χ1) is 14.0. The summed E-state index contributed by atoms with van der Waals surface area (Å²) >= 11 is 6.01. The molecule has 3 aromatic rings. The number of hydrogen-bond donors (Lipinski definition) is 0. The number of carbonyl (C=O) groups is 1. The summed E-state index contributed by atoms with van der Waals surface area (Å²) in [6, 6.07) is 12.2. The molecule has 4 nitrogen and oxygen atoms in total. The summed E-state index contributed by atoms with van der Waals surface area (Å²) in [7, 11) is 0. The van der Waals surface area contributed by atoms with Crippen molar-refractivity contribution in [2.24, 2.45) is 0 Å². The summed E-state index contributed by atoms with van der Waals surface area (Å²) in [5.74, 6) is -1.50. The van der Waals surface area contributed by atoms with Crippen LogP contribution in [0.5, 0.6) is 0 Å². The predicted octanol–water partition coefficient (Wildman–Crippen LogP) is 4.86. The predicted molar refractivity (Wildman–Crippen MR) is 108 cm³/mol. The summed E-state index contributed by atoms with van der Waals surface area (Å²) in [4.78, 5) is 14.8. The van der Waals surface area contributed by atoms with Crippen molar-refractivity contribution in [3.05, 3.63) is 76.4 Å². The number of hydrogen-bond acceptors (Lipinski definition) is 2. The lowest BCUT2D eigenvalue weighted by Gasteiger charge is -2.26. The van der Waals surface area contributed by atoms with E-state index in [4.69, 9.17) is 16.3 Å². The first kappa shape index (κ1) is 19.6. The number of morpholine rings is 1. The summed E-state index contributed by atoms with van der Waals surface area (Å²) < 4.78 is 35.1. The third-order valence-corrected chi connectivity index (χ3v) is 5.32. The van der Waals surface area contributed by atoms with Gasteiger partial charge in [0.15, 0.2) is 0 Å². The summed E-state index contributed by atoms with van der Waals surface area (Å²) in [5.41, 5.74) is 2.62. The van der Waals surface area contributed by atoms with E-state index < -0.39 is 11.6 Å². The monoisotopic (exact) mass is 416 g/mol. The van der Waals surface area contributed by atoms with Crippen LogP contribution in [-0.2, 0) is 4.74 Å². The molecule has 29 heavy (non-hydrogen) atoms. The summed E-state index contributed by atoms with van der Waals surface area (Å²) in [5, 5.41) is 0.571. The van der Waals surface area contributed by atoms with Crippen LogP contribution in [0.2, 0.25) is 5.02 Å². The van der Waals surface area contributed by atoms with E-state index >= 15 is 0 Å². The van der Waals surface area contributed by atoms with E-state index in [1.807, 2.05) is 0 Å². The highest BCUT2D eigenvalue weighted by Crippen LogP contribution is 2.32. The van der Waals surface area contributed by atoms with E-state index in [0.29, 0.717) is 48.3 Å². The maximum absolute atomic E-state index is 14.6. The molecular formula is C22H19ClF2N2O2. The Kier molecular flexibility index (Phi) is 5.39. The van der Waals surface area contributed by atoms with Crippen LogP contribution in [0.4, 0.5) is 8.78 Å². The number of carbonyl (C=O) groups excluding carboxylic acids is 1. The maximum Gasteiger partial charge on any atom is 0.255 e. The van der Waals surface area contributed by atoms with Crippen molar-refractivity contribution in [1.29, 1.82) is 0 Å². The number of halogens is 3. The van der Waals surface area contributed by atoms with Gasteiger partial charge in [0, 0.05) is 29.9 Å². The largest absolute Gasteiger partial charge is 0.378 e. The van der Waals surface area contributed by atoms with Gasteiger partial charge in [0.2, 0.25) is 0 Å². The molecule has 1 amide bonds. The molecule has 4 rings (SSSR count). The van der Waals surface area contributed by atoms with Crippen molar-refractivity contribution in [3.8, 4) is 16.9 Å². The van der Waals surface area contributed by atoms with Crippen molar-refractivity contribution >= 4 is 17.5 Å². The molecular weight excluding hydrogens is 398 g/mol. The van der Waals surface area contributed by atoms with Gasteiger partial charge in [0.25, 0.3) is 5.91 Å². The molecule has 1 aliphatic rings. The van der Waals surface area contributed by atoms with E-state index in [0.717, 1.165) is 11.6 Å². The Morgan fingerprint density at radius 2 is 1.72 bits per heavy atom. The minimum atomic E-state index is -0.704. The number of aromatic nitrogens is 1. The molecule has 2 heterocycles. The first-order valence-electron chi connectivity index (χ1n) is 9.26. The highest BCUT2D eigenvalue weighted by Gasteiger charge is 2.25. The van der Waals surface area contributed by atoms with Crippen LogP contribution in [0.1, 0.15) is 16.1 Å². The Morgan fingerprint density at radius 3 is 2.38 bits per heavy atom. The third-order valence-electron chi connectivity index (χ3n) is 5.07. The molecule has 0 atom stereocenters. The first-order valence-corrected chi connectivity index (χ1v) is 9.64. The third kappa shape index (κ3) is 3.78. The quantitative estimate of drug-likeness (QED) is 0.611. The lowest BCUT2D eigenvalue weighted by atomic mass is 10.1. The minimum Gasteiger partial charge on any atom is -0.378 e. The lowest BCUT2D eigenvalue weighted by Crippen LogP contribution is -2.40. The number of ether oxygens (including phenoxy) is 1. The lowest BCUT2D eigenvalue weighted by molar-refractivity contribution is 0.0302. The minimum absolute atomic E-state index is 0.137. The fourth-order valence-corrected chi connectivity index (χ4v) is 3.69. The fourth-order valence-electron chi connectivity index (χ4n) is 3.57. The second-order valence-electron chi connectivity index (χ2n) is 6.87. The molecule has 0 saturated carbocycles. The molecule has 0 bridgehead atoms. The molecule has 1 aromatic heterocycles. The van der Waals surface area contributed by atoms with Gasteiger partial charge in [0.1, 0.15) is 11.6 Å². The van der Waals surface area contributed by atoms with E-state index in [2.05, 4.69) is 0 Å². The second-order valence-corrected chi connectivity index (χ2v) is 7.31. The second kappa shape index (κ2) is 7.97. The van der Waals surface area contributed by atoms with Gasteiger partial charge in [-0.1, -0.05) is 23.7 Å². The molecule has 0 aliphatic carbocycles. The molecule has 0 N–H and O–H groups in total. The zero-order chi connectivity index (χ0) is 20.5. The standard InChI is InChI=1S/C22H19ClF2N2O2/c1-14-18(22(28)26-8-10-29-11-9-26)13-21(15-2-4-16(23)5-3-15)27(14)20-7-6-17(24)12-19(20)25/h2-7,12-13H,8-11H2,1H3. The van der Waals surface area contributed by atoms with Crippen molar-refractivity contribution in [1.82, 2.24) is 9.47 Å². The molecule has 1 fully saturated rings.